The molecule has 0 aromatic heterocycles. The van der Waals surface area contributed by atoms with E-state index in [1.165, 1.54) is 0 Å². The predicted octanol–water partition coefficient (Wildman–Crippen LogP) is 4.46. The smallest absolute Gasteiger partial charge is 0.292 e. The minimum Gasteiger partial charge on any atom is -0.318 e. The molecule has 0 atom stereocenters. The van der Waals surface area contributed by atoms with Gasteiger partial charge in [-0.3, -0.25) is 14.4 Å². The van der Waals surface area contributed by atoms with Gasteiger partial charge in [-0.15, -0.1) is 0 Å². The number of aryl methyl sites for hydroxylation is 4. The third kappa shape index (κ3) is 4.63. The SMILES string of the molecule is Cc1ccc(C(=O)CC(=O)C(=O)Nc2cc(C)c(C)cc2Br)c(C)c1. The molecule has 0 saturated heterocycles. The molecule has 2 rings (SSSR count). The van der Waals surface area contributed by atoms with Crippen molar-refractivity contribution in [3.05, 3.63) is 62.6 Å². The normalized spacial score (nSPS) is 10.4. The third-order valence-electron chi connectivity index (χ3n) is 4.09. The first kappa shape index (κ1) is 19.1. The monoisotopic (exact) mass is 401 g/mol. The Morgan fingerprint density at radius 2 is 1.56 bits per heavy atom. The highest BCUT2D eigenvalue weighted by molar-refractivity contribution is 9.10. The van der Waals surface area contributed by atoms with Crippen LogP contribution < -0.4 is 5.32 Å². The predicted molar refractivity (Wildman–Crippen MR) is 102 cm³/mol. The van der Waals surface area contributed by atoms with Crippen molar-refractivity contribution >= 4 is 39.1 Å². The Balaban J connectivity index is 2.09. The van der Waals surface area contributed by atoms with Crippen molar-refractivity contribution in [1.29, 1.82) is 0 Å². The molecule has 4 nitrogen and oxygen atoms in total. The summed E-state index contributed by atoms with van der Waals surface area (Å²) in [6.07, 6.45) is -0.446. The first-order valence-electron chi connectivity index (χ1n) is 7.90. The number of carbonyl (C=O) groups excluding carboxylic acids is 3. The van der Waals surface area contributed by atoms with E-state index in [1.807, 2.05) is 45.9 Å². The number of Topliss-reactive ketones (excluding diaryl/α,β-unsaturated/α-hetero) is 2. The molecule has 1 amide bonds. The van der Waals surface area contributed by atoms with Gasteiger partial charge in [0.2, 0.25) is 5.78 Å². The molecule has 130 valence electrons. The molecule has 25 heavy (non-hydrogen) atoms. The summed E-state index contributed by atoms with van der Waals surface area (Å²) < 4.78 is 0.692. The second kappa shape index (κ2) is 7.74. The maximum absolute atomic E-state index is 12.3. The van der Waals surface area contributed by atoms with Crippen LogP contribution in [0.4, 0.5) is 5.69 Å². The van der Waals surface area contributed by atoms with Gasteiger partial charge in [0.25, 0.3) is 5.91 Å². The Labute approximate surface area is 155 Å². The van der Waals surface area contributed by atoms with Crippen molar-refractivity contribution < 1.29 is 14.4 Å². The van der Waals surface area contributed by atoms with Crippen LogP contribution in [-0.4, -0.2) is 17.5 Å². The standard InChI is InChI=1S/C20H20BrNO3/c1-11-5-6-15(14(4)7-11)18(23)10-19(24)20(25)22-17-9-13(3)12(2)8-16(17)21/h5-9H,10H2,1-4H3,(H,22,25). The van der Waals surface area contributed by atoms with Gasteiger partial charge in [0, 0.05) is 10.0 Å². The van der Waals surface area contributed by atoms with Crippen LogP contribution in [0.2, 0.25) is 0 Å². The van der Waals surface area contributed by atoms with Crippen molar-refractivity contribution in [1.82, 2.24) is 0 Å². The first-order chi connectivity index (χ1) is 11.7. The van der Waals surface area contributed by atoms with E-state index in [2.05, 4.69) is 21.2 Å². The van der Waals surface area contributed by atoms with E-state index in [0.717, 1.165) is 22.3 Å². The lowest BCUT2D eigenvalue weighted by Gasteiger charge is -2.10. The van der Waals surface area contributed by atoms with Crippen LogP contribution in [0, 0.1) is 27.7 Å². The van der Waals surface area contributed by atoms with E-state index in [4.69, 9.17) is 0 Å². The maximum atomic E-state index is 12.3. The van der Waals surface area contributed by atoms with Crippen LogP contribution in [0.15, 0.2) is 34.8 Å². The minimum atomic E-state index is -0.790. The number of hydrogen-bond acceptors (Lipinski definition) is 3. The summed E-state index contributed by atoms with van der Waals surface area (Å²) in [6.45, 7) is 7.63. The third-order valence-corrected chi connectivity index (χ3v) is 4.74. The Kier molecular flexibility index (Phi) is 5.90. The number of anilines is 1. The van der Waals surface area contributed by atoms with Crippen LogP contribution in [0.5, 0.6) is 0 Å². The highest BCUT2D eigenvalue weighted by atomic mass is 79.9. The van der Waals surface area contributed by atoms with Gasteiger partial charge in [0.05, 0.1) is 12.1 Å². The van der Waals surface area contributed by atoms with Gasteiger partial charge in [-0.2, -0.15) is 0 Å². The number of halogens is 1. The molecule has 5 heteroatoms. The quantitative estimate of drug-likeness (QED) is 0.456. The average molecular weight is 402 g/mol. The second-order valence-electron chi connectivity index (χ2n) is 6.21. The molecule has 2 aromatic rings. The lowest BCUT2D eigenvalue weighted by atomic mass is 9.99. The molecule has 0 bridgehead atoms. The van der Waals surface area contributed by atoms with E-state index >= 15 is 0 Å². The Morgan fingerprint density at radius 3 is 2.20 bits per heavy atom. The largest absolute Gasteiger partial charge is 0.318 e. The molecule has 0 unspecified atom stereocenters. The Morgan fingerprint density at radius 1 is 0.920 bits per heavy atom. The van der Waals surface area contributed by atoms with Crippen LogP contribution in [-0.2, 0) is 9.59 Å². The summed E-state index contributed by atoms with van der Waals surface area (Å²) in [4.78, 5) is 36.6. The van der Waals surface area contributed by atoms with Gasteiger partial charge >= 0.3 is 0 Å². The molecule has 0 heterocycles. The van der Waals surface area contributed by atoms with E-state index in [-0.39, 0.29) is 5.78 Å². The summed E-state index contributed by atoms with van der Waals surface area (Å²) in [7, 11) is 0. The molecule has 1 N–H and O–H groups in total. The summed E-state index contributed by atoms with van der Waals surface area (Å²) >= 11 is 3.37. The molecule has 0 aliphatic heterocycles. The molecule has 0 saturated carbocycles. The van der Waals surface area contributed by atoms with E-state index in [0.29, 0.717) is 15.7 Å². The Bertz CT molecular complexity index is 871. The fourth-order valence-electron chi connectivity index (χ4n) is 2.52. The average Bonchev–Trinajstić information content (AvgIpc) is 2.52. The number of nitrogens with one attached hydrogen (secondary N) is 1. The van der Waals surface area contributed by atoms with E-state index < -0.39 is 18.1 Å². The molecular weight excluding hydrogens is 382 g/mol. The van der Waals surface area contributed by atoms with Gasteiger partial charge in [-0.05, 0) is 72.4 Å². The fraction of sp³-hybridized carbons (Fsp3) is 0.250. The summed E-state index contributed by atoms with van der Waals surface area (Å²) in [5.41, 5.74) is 4.89. The number of rotatable bonds is 5. The number of benzene rings is 2. The van der Waals surface area contributed by atoms with Crippen molar-refractivity contribution in [3.8, 4) is 0 Å². The van der Waals surface area contributed by atoms with Crippen LogP contribution >= 0.6 is 15.9 Å². The summed E-state index contributed by atoms with van der Waals surface area (Å²) in [6, 6.07) is 9.05. The molecule has 2 aromatic carbocycles. The summed E-state index contributed by atoms with van der Waals surface area (Å²) in [5, 5.41) is 2.57. The maximum Gasteiger partial charge on any atom is 0.292 e. The topological polar surface area (TPSA) is 63.2 Å². The highest BCUT2D eigenvalue weighted by Crippen LogP contribution is 2.26. The van der Waals surface area contributed by atoms with Crippen LogP contribution in [0.3, 0.4) is 0 Å². The fourth-order valence-corrected chi connectivity index (χ4v) is 3.07. The number of ketones is 2. The zero-order valence-corrected chi connectivity index (χ0v) is 16.3. The molecule has 0 radical (unpaired) electrons. The number of hydrogen-bond donors (Lipinski definition) is 1. The number of amides is 1. The number of carbonyl (C=O) groups is 3. The lowest BCUT2D eigenvalue weighted by molar-refractivity contribution is -0.134. The van der Waals surface area contributed by atoms with Crippen LogP contribution in [0.25, 0.3) is 0 Å². The lowest BCUT2D eigenvalue weighted by Crippen LogP contribution is -2.25. The highest BCUT2D eigenvalue weighted by Gasteiger charge is 2.21. The molecule has 0 aliphatic carbocycles. The van der Waals surface area contributed by atoms with E-state index in [1.54, 1.807) is 12.1 Å². The van der Waals surface area contributed by atoms with Crippen molar-refractivity contribution in [2.75, 3.05) is 5.32 Å². The van der Waals surface area contributed by atoms with Gasteiger partial charge < -0.3 is 5.32 Å². The van der Waals surface area contributed by atoms with Gasteiger partial charge in [-0.1, -0.05) is 23.8 Å². The Hall–Kier alpha value is -2.27. The van der Waals surface area contributed by atoms with Gasteiger partial charge in [0.15, 0.2) is 5.78 Å². The summed E-state index contributed by atoms with van der Waals surface area (Å²) in [5.74, 6) is -1.89. The second-order valence-corrected chi connectivity index (χ2v) is 7.07. The molecule has 0 aliphatic rings. The van der Waals surface area contributed by atoms with E-state index in [9.17, 15) is 14.4 Å². The van der Waals surface area contributed by atoms with Gasteiger partial charge in [-0.25, -0.2) is 0 Å². The molecular formula is C20H20BrNO3. The molecule has 0 spiro atoms. The minimum absolute atomic E-state index is 0.350. The van der Waals surface area contributed by atoms with Crippen molar-refractivity contribution in [2.45, 2.75) is 34.1 Å². The van der Waals surface area contributed by atoms with Crippen LogP contribution in [0.1, 0.15) is 39.0 Å². The first-order valence-corrected chi connectivity index (χ1v) is 8.69. The zero-order chi connectivity index (χ0) is 18.7. The zero-order valence-electron chi connectivity index (χ0n) is 14.7. The van der Waals surface area contributed by atoms with Gasteiger partial charge in [0.1, 0.15) is 0 Å². The van der Waals surface area contributed by atoms with Crippen molar-refractivity contribution in [2.24, 2.45) is 0 Å². The van der Waals surface area contributed by atoms with Crippen molar-refractivity contribution in [3.63, 3.8) is 0 Å². The molecule has 0 fully saturated rings.